The molecule has 3 rings (SSSR count). The number of hydrogen-bond acceptors (Lipinski definition) is 3. The third-order valence-electron chi connectivity index (χ3n) is 4.75. The highest BCUT2D eigenvalue weighted by Gasteiger charge is 2.14. The minimum Gasteiger partial charge on any atom is -0.455 e. The predicted octanol–water partition coefficient (Wildman–Crippen LogP) is 5.12. The molecule has 2 N–H and O–H groups in total. The SMILES string of the molecule is O=C(CCNc1ccccc1Oc1ccccc1)NC1CCCCCC1. The van der Waals surface area contributed by atoms with Crippen LogP contribution in [-0.2, 0) is 4.79 Å². The fourth-order valence-electron chi connectivity index (χ4n) is 3.35. The Balaban J connectivity index is 1.48. The van der Waals surface area contributed by atoms with Gasteiger partial charge in [-0.05, 0) is 37.1 Å². The first kappa shape index (κ1) is 18.3. The first-order valence-corrected chi connectivity index (χ1v) is 9.66. The van der Waals surface area contributed by atoms with E-state index in [9.17, 15) is 4.79 Å². The number of para-hydroxylation sites is 3. The molecule has 0 bridgehead atoms. The van der Waals surface area contributed by atoms with Crippen LogP contribution >= 0.6 is 0 Å². The average molecular weight is 352 g/mol. The predicted molar refractivity (Wildman–Crippen MR) is 106 cm³/mol. The lowest BCUT2D eigenvalue weighted by Gasteiger charge is -2.17. The zero-order valence-electron chi connectivity index (χ0n) is 15.2. The molecule has 0 aromatic heterocycles. The number of carbonyl (C=O) groups excluding carboxylic acids is 1. The van der Waals surface area contributed by atoms with Gasteiger partial charge in [-0.2, -0.15) is 0 Å². The van der Waals surface area contributed by atoms with Gasteiger partial charge < -0.3 is 15.4 Å². The number of anilines is 1. The van der Waals surface area contributed by atoms with Crippen molar-refractivity contribution in [1.29, 1.82) is 0 Å². The molecule has 1 saturated carbocycles. The van der Waals surface area contributed by atoms with E-state index >= 15 is 0 Å². The fourth-order valence-corrected chi connectivity index (χ4v) is 3.35. The standard InChI is InChI=1S/C22H28N2O2/c25-22(24-18-10-4-1-2-5-11-18)16-17-23-20-14-8-9-15-21(20)26-19-12-6-3-7-13-19/h3,6-9,12-15,18,23H,1-2,4-5,10-11,16-17H2,(H,24,25). The van der Waals surface area contributed by atoms with Crippen molar-refractivity contribution in [1.82, 2.24) is 5.32 Å². The van der Waals surface area contributed by atoms with Crippen LogP contribution in [0, 0.1) is 0 Å². The van der Waals surface area contributed by atoms with Gasteiger partial charge in [0.25, 0.3) is 0 Å². The highest BCUT2D eigenvalue weighted by Crippen LogP contribution is 2.29. The van der Waals surface area contributed by atoms with Crippen molar-refractivity contribution in [3.63, 3.8) is 0 Å². The number of rotatable bonds is 7. The normalized spacial score (nSPS) is 15.1. The molecule has 0 unspecified atom stereocenters. The summed E-state index contributed by atoms with van der Waals surface area (Å²) in [6, 6.07) is 17.9. The van der Waals surface area contributed by atoms with Crippen LogP contribution in [0.25, 0.3) is 0 Å². The van der Waals surface area contributed by atoms with E-state index in [-0.39, 0.29) is 5.91 Å². The first-order chi connectivity index (χ1) is 12.8. The van der Waals surface area contributed by atoms with E-state index in [2.05, 4.69) is 10.6 Å². The van der Waals surface area contributed by atoms with E-state index in [0.29, 0.717) is 19.0 Å². The van der Waals surface area contributed by atoms with Gasteiger partial charge in [0.2, 0.25) is 5.91 Å². The van der Waals surface area contributed by atoms with Gasteiger partial charge in [-0.15, -0.1) is 0 Å². The van der Waals surface area contributed by atoms with Gasteiger partial charge in [-0.3, -0.25) is 4.79 Å². The summed E-state index contributed by atoms with van der Waals surface area (Å²) >= 11 is 0. The zero-order valence-corrected chi connectivity index (χ0v) is 15.2. The number of benzene rings is 2. The summed E-state index contributed by atoms with van der Waals surface area (Å²) in [6.45, 7) is 0.591. The van der Waals surface area contributed by atoms with Crippen LogP contribution in [0.4, 0.5) is 5.69 Å². The summed E-state index contributed by atoms with van der Waals surface area (Å²) in [6.07, 6.45) is 7.76. The molecule has 1 amide bonds. The number of amides is 1. The Labute approximate surface area is 156 Å². The zero-order chi connectivity index (χ0) is 18.0. The van der Waals surface area contributed by atoms with Gasteiger partial charge in [0.1, 0.15) is 5.75 Å². The van der Waals surface area contributed by atoms with Crippen LogP contribution < -0.4 is 15.4 Å². The molecule has 4 nitrogen and oxygen atoms in total. The van der Waals surface area contributed by atoms with E-state index in [1.54, 1.807) is 0 Å². The molecule has 0 radical (unpaired) electrons. The third kappa shape index (κ3) is 5.80. The molecule has 138 valence electrons. The van der Waals surface area contributed by atoms with Crippen molar-refractivity contribution in [2.24, 2.45) is 0 Å². The topological polar surface area (TPSA) is 50.4 Å². The second kappa shape index (κ2) is 9.85. The summed E-state index contributed by atoms with van der Waals surface area (Å²) in [4.78, 5) is 12.2. The minimum absolute atomic E-state index is 0.130. The van der Waals surface area contributed by atoms with Crippen LogP contribution in [0.15, 0.2) is 54.6 Å². The van der Waals surface area contributed by atoms with Gasteiger partial charge >= 0.3 is 0 Å². The molecule has 1 aliphatic rings. The maximum atomic E-state index is 12.2. The molecule has 1 fully saturated rings. The van der Waals surface area contributed by atoms with Gasteiger partial charge in [0, 0.05) is 19.0 Å². The van der Waals surface area contributed by atoms with E-state index < -0.39 is 0 Å². The average Bonchev–Trinajstić information content (AvgIpc) is 2.93. The number of carbonyl (C=O) groups is 1. The Hall–Kier alpha value is -2.49. The fraction of sp³-hybridized carbons (Fsp3) is 0.409. The lowest BCUT2D eigenvalue weighted by Crippen LogP contribution is -2.35. The molecule has 0 aliphatic heterocycles. The van der Waals surface area contributed by atoms with Gasteiger partial charge in [-0.25, -0.2) is 0 Å². The Kier molecular flexibility index (Phi) is 6.94. The minimum atomic E-state index is 0.130. The van der Waals surface area contributed by atoms with Crippen LogP contribution in [0.5, 0.6) is 11.5 Å². The number of nitrogens with one attached hydrogen (secondary N) is 2. The van der Waals surface area contributed by atoms with E-state index in [0.717, 1.165) is 30.0 Å². The molecular weight excluding hydrogens is 324 g/mol. The second-order valence-electron chi connectivity index (χ2n) is 6.84. The first-order valence-electron chi connectivity index (χ1n) is 9.66. The molecule has 0 spiro atoms. The van der Waals surface area contributed by atoms with E-state index in [4.69, 9.17) is 4.74 Å². The van der Waals surface area contributed by atoms with Crippen LogP contribution in [0.3, 0.4) is 0 Å². The summed E-state index contributed by atoms with van der Waals surface area (Å²) in [5.74, 6) is 1.70. The lowest BCUT2D eigenvalue weighted by atomic mass is 10.1. The number of hydrogen-bond donors (Lipinski definition) is 2. The van der Waals surface area contributed by atoms with Crippen molar-refractivity contribution in [2.75, 3.05) is 11.9 Å². The highest BCUT2D eigenvalue weighted by molar-refractivity contribution is 5.77. The van der Waals surface area contributed by atoms with Crippen LogP contribution in [-0.4, -0.2) is 18.5 Å². The van der Waals surface area contributed by atoms with Crippen molar-refractivity contribution in [3.8, 4) is 11.5 Å². The molecule has 0 heterocycles. The van der Waals surface area contributed by atoms with Crippen LogP contribution in [0.2, 0.25) is 0 Å². The number of ether oxygens (including phenoxy) is 1. The highest BCUT2D eigenvalue weighted by atomic mass is 16.5. The molecule has 26 heavy (non-hydrogen) atoms. The smallest absolute Gasteiger partial charge is 0.221 e. The largest absolute Gasteiger partial charge is 0.455 e. The van der Waals surface area contributed by atoms with E-state index in [1.165, 1.54) is 25.7 Å². The Bertz CT molecular complexity index is 680. The van der Waals surface area contributed by atoms with Gasteiger partial charge in [0.05, 0.1) is 5.69 Å². The molecule has 0 saturated heterocycles. The maximum absolute atomic E-state index is 12.2. The maximum Gasteiger partial charge on any atom is 0.221 e. The summed E-state index contributed by atoms with van der Waals surface area (Å²) in [5, 5.41) is 6.52. The summed E-state index contributed by atoms with van der Waals surface area (Å²) < 4.78 is 5.94. The molecule has 2 aromatic carbocycles. The van der Waals surface area contributed by atoms with Crippen molar-refractivity contribution < 1.29 is 9.53 Å². The molecule has 4 heteroatoms. The Morgan fingerprint density at radius 3 is 2.38 bits per heavy atom. The molecule has 2 aromatic rings. The lowest BCUT2D eigenvalue weighted by molar-refractivity contribution is -0.121. The molecular formula is C22H28N2O2. The molecule has 1 aliphatic carbocycles. The molecule has 0 atom stereocenters. The third-order valence-corrected chi connectivity index (χ3v) is 4.75. The summed E-state index contributed by atoms with van der Waals surface area (Å²) in [7, 11) is 0. The second-order valence-corrected chi connectivity index (χ2v) is 6.84. The van der Waals surface area contributed by atoms with Gasteiger partial charge in [-0.1, -0.05) is 56.0 Å². The van der Waals surface area contributed by atoms with E-state index in [1.807, 2.05) is 54.6 Å². The van der Waals surface area contributed by atoms with Gasteiger partial charge in [0.15, 0.2) is 5.75 Å². The monoisotopic (exact) mass is 352 g/mol. The Morgan fingerprint density at radius 2 is 1.62 bits per heavy atom. The summed E-state index contributed by atoms with van der Waals surface area (Å²) in [5.41, 5.74) is 0.901. The van der Waals surface area contributed by atoms with Crippen molar-refractivity contribution >= 4 is 11.6 Å². The van der Waals surface area contributed by atoms with Crippen molar-refractivity contribution in [2.45, 2.75) is 51.0 Å². The van der Waals surface area contributed by atoms with Crippen LogP contribution in [0.1, 0.15) is 44.9 Å². The Morgan fingerprint density at radius 1 is 0.923 bits per heavy atom. The quantitative estimate of drug-likeness (QED) is 0.680. The van der Waals surface area contributed by atoms with Crippen molar-refractivity contribution in [3.05, 3.63) is 54.6 Å².